The zero-order valence-electron chi connectivity index (χ0n) is 8.86. The lowest BCUT2D eigenvalue weighted by Crippen LogP contribution is -2.30. The van der Waals surface area contributed by atoms with Crippen LogP contribution in [0.25, 0.3) is 0 Å². The van der Waals surface area contributed by atoms with Crippen LogP contribution in [-0.2, 0) is 0 Å². The molecule has 2 rings (SSSR count). The number of H-pyrrole nitrogens is 1. The molecular formula is C10H16N4O. The molecule has 0 aliphatic carbocycles. The van der Waals surface area contributed by atoms with Crippen molar-refractivity contribution in [3.63, 3.8) is 0 Å². The van der Waals surface area contributed by atoms with Gasteiger partial charge in [-0.15, -0.1) is 0 Å². The largest absolute Gasteiger partial charge is 0.394 e. The highest BCUT2D eigenvalue weighted by Gasteiger charge is 2.20. The molecule has 3 N–H and O–H groups in total. The summed E-state index contributed by atoms with van der Waals surface area (Å²) in [6.45, 7) is 2.15. The van der Waals surface area contributed by atoms with E-state index in [4.69, 9.17) is 5.73 Å². The van der Waals surface area contributed by atoms with Crippen molar-refractivity contribution < 1.29 is 0 Å². The Hall–Kier alpha value is -1.36. The van der Waals surface area contributed by atoms with Gasteiger partial charge in [0, 0.05) is 5.92 Å². The molecule has 0 unspecified atom stereocenters. The van der Waals surface area contributed by atoms with Gasteiger partial charge in [0.15, 0.2) is 0 Å². The standard InChI is InChI=1S/C10H16N4O/c1-14-4-2-7(3-5-14)9-6-8(11)10(15)13-12-9/h6-7H,2-5H2,1H3,(H2,11,12)(H,13,15). The van der Waals surface area contributed by atoms with Gasteiger partial charge in [0.25, 0.3) is 5.56 Å². The highest BCUT2D eigenvalue weighted by atomic mass is 16.1. The molecular weight excluding hydrogens is 192 g/mol. The van der Waals surface area contributed by atoms with Crippen molar-refractivity contribution in [2.75, 3.05) is 25.9 Å². The van der Waals surface area contributed by atoms with E-state index in [2.05, 4.69) is 22.1 Å². The molecule has 5 heteroatoms. The number of nitrogens with one attached hydrogen (secondary N) is 1. The summed E-state index contributed by atoms with van der Waals surface area (Å²) in [5, 5.41) is 6.48. The van der Waals surface area contributed by atoms with Gasteiger partial charge in [0.05, 0.1) is 5.69 Å². The van der Waals surface area contributed by atoms with Gasteiger partial charge in [-0.25, -0.2) is 5.10 Å². The van der Waals surface area contributed by atoms with Crippen molar-refractivity contribution in [1.82, 2.24) is 15.1 Å². The Kier molecular flexibility index (Phi) is 2.73. The molecule has 5 nitrogen and oxygen atoms in total. The quantitative estimate of drug-likeness (QED) is 0.689. The van der Waals surface area contributed by atoms with E-state index in [-0.39, 0.29) is 11.2 Å². The molecule has 15 heavy (non-hydrogen) atoms. The third kappa shape index (κ3) is 2.18. The van der Waals surface area contributed by atoms with Gasteiger partial charge in [-0.2, -0.15) is 5.10 Å². The molecule has 1 saturated heterocycles. The van der Waals surface area contributed by atoms with Gasteiger partial charge < -0.3 is 10.6 Å². The average molecular weight is 208 g/mol. The van der Waals surface area contributed by atoms with Crippen LogP contribution < -0.4 is 11.3 Å². The Morgan fingerprint density at radius 2 is 2.20 bits per heavy atom. The molecule has 0 aromatic carbocycles. The van der Waals surface area contributed by atoms with Gasteiger partial charge in [-0.1, -0.05) is 0 Å². The summed E-state index contributed by atoms with van der Waals surface area (Å²) in [7, 11) is 2.12. The van der Waals surface area contributed by atoms with Crippen LogP contribution >= 0.6 is 0 Å². The minimum atomic E-state index is -0.299. The van der Waals surface area contributed by atoms with E-state index in [0.717, 1.165) is 31.6 Å². The lowest BCUT2D eigenvalue weighted by Gasteiger charge is -2.28. The van der Waals surface area contributed by atoms with Crippen LogP contribution in [-0.4, -0.2) is 35.2 Å². The highest BCUT2D eigenvalue weighted by Crippen LogP contribution is 2.25. The molecule has 1 fully saturated rings. The molecule has 0 bridgehead atoms. The smallest absolute Gasteiger partial charge is 0.287 e. The van der Waals surface area contributed by atoms with Crippen molar-refractivity contribution >= 4 is 5.69 Å². The number of anilines is 1. The Morgan fingerprint density at radius 1 is 1.53 bits per heavy atom. The number of likely N-dealkylation sites (tertiary alicyclic amines) is 1. The number of rotatable bonds is 1. The van der Waals surface area contributed by atoms with Crippen LogP contribution in [0.1, 0.15) is 24.5 Å². The molecule has 1 aliphatic rings. The summed E-state index contributed by atoms with van der Waals surface area (Å²) >= 11 is 0. The van der Waals surface area contributed by atoms with Crippen LogP contribution in [0.15, 0.2) is 10.9 Å². The maximum atomic E-state index is 11.1. The number of aromatic amines is 1. The zero-order chi connectivity index (χ0) is 10.8. The van der Waals surface area contributed by atoms with Gasteiger partial charge in [-0.3, -0.25) is 4.79 Å². The van der Waals surface area contributed by atoms with Gasteiger partial charge in [0.1, 0.15) is 5.69 Å². The Bertz CT molecular complexity index is 393. The van der Waals surface area contributed by atoms with E-state index in [9.17, 15) is 4.79 Å². The third-order valence-electron chi connectivity index (χ3n) is 2.99. The first-order chi connectivity index (χ1) is 7.16. The lowest BCUT2D eigenvalue weighted by molar-refractivity contribution is 0.253. The summed E-state index contributed by atoms with van der Waals surface area (Å²) in [5.41, 5.74) is 6.44. The fourth-order valence-corrected chi connectivity index (χ4v) is 1.95. The Balaban J connectivity index is 2.16. The molecule has 82 valence electrons. The predicted molar refractivity (Wildman–Crippen MR) is 58.7 cm³/mol. The SMILES string of the molecule is CN1CCC(c2cc(N)c(=O)[nH]n2)CC1. The Morgan fingerprint density at radius 3 is 2.80 bits per heavy atom. The third-order valence-corrected chi connectivity index (χ3v) is 2.99. The molecule has 0 saturated carbocycles. The summed E-state index contributed by atoms with van der Waals surface area (Å²) in [5.74, 6) is 0.431. The van der Waals surface area contributed by atoms with Crippen molar-refractivity contribution in [3.05, 3.63) is 22.1 Å². The predicted octanol–water partition coefficient (Wildman–Crippen LogP) is 0.161. The second-order valence-corrected chi connectivity index (χ2v) is 4.15. The van der Waals surface area contributed by atoms with E-state index in [1.807, 2.05) is 0 Å². The normalized spacial score (nSPS) is 19.3. The summed E-state index contributed by atoms with van der Waals surface area (Å²) in [6.07, 6.45) is 2.16. The molecule has 1 aromatic heterocycles. The van der Waals surface area contributed by atoms with Gasteiger partial charge in [0.2, 0.25) is 0 Å². The van der Waals surface area contributed by atoms with Crippen LogP contribution in [0, 0.1) is 0 Å². The number of nitrogen functional groups attached to an aromatic ring is 1. The van der Waals surface area contributed by atoms with E-state index in [0.29, 0.717) is 5.92 Å². The number of hydrogen-bond acceptors (Lipinski definition) is 4. The Labute approximate surface area is 88.3 Å². The second kappa shape index (κ2) is 4.02. The fourth-order valence-electron chi connectivity index (χ4n) is 1.95. The van der Waals surface area contributed by atoms with E-state index in [1.54, 1.807) is 6.07 Å². The molecule has 0 atom stereocenters. The van der Waals surface area contributed by atoms with Crippen LogP contribution in [0.3, 0.4) is 0 Å². The first kappa shape index (κ1) is 10.2. The number of hydrogen-bond donors (Lipinski definition) is 2. The minimum absolute atomic E-state index is 0.263. The number of aromatic nitrogens is 2. The molecule has 0 amide bonds. The van der Waals surface area contributed by atoms with Crippen molar-refractivity contribution in [2.24, 2.45) is 0 Å². The fraction of sp³-hybridized carbons (Fsp3) is 0.600. The summed E-state index contributed by atoms with van der Waals surface area (Å²) in [4.78, 5) is 13.4. The molecule has 2 heterocycles. The summed E-state index contributed by atoms with van der Waals surface area (Å²) < 4.78 is 0. The van der Waals surface area contributed by atoms with E-state index in [1.165, 1.54) is 0 Å². The highest BCUT2D eigenvalue weighted by molar-refractivity contribution is 5.35. The minimum Gasteiger partial charge on any atom is -0.394 e. The summed E-state index contributed by atoms with van der Waals surface area (Å²) in [6, 6.07) is 1.70. The molecule has 1 aliphatic heterocycles. The van der Waals surface area contributed by atoms with Gasteiger partial charge >= 0.3 is 0 Å². The zero-order valence-corrected chi connectivity index (χ0v) is 8.86. The topological polar surface area (TPSA) is 75.0 Å². The van der Waals surface area contributed by atoms with Crippen molar-refractivity contribution in [1.29, 1.82) is 0 Å². The van der Waals surface area contributed by atoms with Crippen LogP contribution in [0.4, 0.5) is 5.69 Å². The first-order valence-corrected chi connectivity index (χ1v) is 5.20. The van der Waals surface area contributed by atoms with E-state index >= 15 is 0 Å². The van der Waals surface area contributed by atoms with E-state index < -0.39 is 0 Å². The molecule has 0 radical (unpaired) electrons. The van der Waals surface area contributed by atoms with Crippen LogP contribution in [0.5, 0.6) is 0 Å². The number of nitrogens with two attached hydrogens (primary N) is 1. The monoisotopic (exact) mass is 208 g/mol. The lowest BCUT2D eigenvalue weighted by atomic mass is 9.93. The number of piperidine rings is 1. The molecule has 1 aromatic rings. The van der Waals surface area contributed by atoms with Crippen molar-refractivity contribution in [2.45, 2.75) is 18.8 Å². The second-order valence-electron chi connectivity index (χ2n) is 4.15. The number of nitrogens with zero attached hydrogens (tertiary/aromatic N) is 2. The average Bonchev–Trinajstić information content (AvgIpc) is 2.23. The first-order valence-electron chi connectivity index (χ1n) is 5.20. The maximum Gasteiger partial charge on any atom is 0.287 e. The molecule has 0 spiro atoms. The van der Waals surface area contributed by atoms with Crippen LogP contribution in [0.2, 0.25) is 0 Å². The van der Waals surface area contributed by atoms with Crippen molar-refractivity contribution in [3.8, 4) is 0 Å². The maximum absolute atomic E-state index is 11.1. The van der Waals surface area contributed by atoms with Gasteiger partial charge in [-0.05, 0) is 39.0 Å².